The highest BCUT2D eigenvalue weighted by atomic mass is 16.5. The van der Waals surface area contributed by atoms with Gasteiger partial charge in [0.25, 0.3) is 0 Å². The minimum absolute atomic E-state index is 0.0648. The molecule has 2 aromatic rings. The molecule has 0 spiro atoms. The molecule has 1 heterocycles. The number of nitrogens with zero attached hydrogens (tertiary/aromatic N) is 1. The zero-order chi connectivity index (χ0) is 18.5. The molecule has 0 unspecified atom stereocenters. The largest absolute Gasteiger partial charge is 0.497 e. The van der Waals surface area contributed by atoms with Gasteiger partial charge in [0.15, 0.2) is 5.78 Å². The fourth-order valence-corrected chi connectivity index (χ4v) is 3.50. The molecule has 0 aromatic heterocycles. The fraction of sp³-hybridized carbons (Fsp3) is 0.429. The summed E-state index contributed by atoms with van der Waals surface area (Å²) in [6.07, 6.45) is 2.06. The van der Waals surface area contributed by atoms with Gasteiger partial charge in [-0.3, -0.25) is 9.59 Å². The van der Waals surface area contributed by atoms with Crippen LogP contribution in [-0.2, 0) is 9.53 Å². The number of ether oxygens (including phenoxy) is 2. The molecule has 1 aliphatic rings. The molecule has 3 rings (SSSR count). The Morgan fingerprint density at radius 3 is 2.65 bits per heavy atom. The number of carbonyl (C=O) groups excluding carboxylic acids is 2. The molecule has 138 valence electrons. The molecule has 1 aliphatic heterocycles. The van der Waals surface area contributed by atoms with Gasteiger partial charge in [-0.05, 0) is 41.8 Å². The van der Waals surface area contributed by atoms with Crippen LogP contribution in [0.3, 0.4) is 0 Å². The van der Waals surface area contributed by atoms with E-state index in [1.807, 2.05) is 36.4 Å². The van der Waals surface area contributed by atoms with Crippen LogP contribution in [0.2, 0.25) is 0 Å². The van der Waals surface area contributed by atoms with Crippen molar-refractivity contribution in [3.8, 4) is 5.75 Å². The van der Waals surface area contributed by atoms with E-state index in [0.717, 1.165) is 35.9 Å². The quantitative estimate of drug-likeness (QED) is 0.746. The van der Waals surface area contributed by atoms with Gasteiger partial charge in [-0.25, -0.2) is 0 Å². The van der Waals surface area contributed by atoms with Crippen LogP contribution in [0.25, 0.3) is 10.8 Å². The van der Waals surface area contributed by atoms with E-state index in [1.54, 1.807) is 19.1 Å². The first-order chi connectivity index (χ1) is 12.6. The lowest BCUT2D eigenvalue weighted by atomic mass is 9.89. The minimum atomic E-state index is -0.133. The van der Waals surface area contributed by atoms with Crippen molar-refractivity contribution in [2.24, 2.45) is 5.92 Å². The van der Waals surface area contributed by atoms with Crippen LogP contribution < -0.4 is 4.74 Å². The number of amides is 1. The molecule has 2 aromatic carbocycles. The number of rotatable bonds is 6. The maximum absolute atomic E-state index is 13.0. The summed E-state index contributed by atoms with van der Waals surface area (Å²) in [5.41, 5.74) is 0.707. The number of likely N-dealkylation sites (tertiary alicyclic amines) is 1. The molecule has 1 fully saturated rings. The summed E-state index contributed by atoms with van der Waals surface area (Å²) in [6.45, 7) is 1.65. The van der Waals surface area contributed by atoms with Crippen molar-refractivity contribution in [2.75, 3.05) is 33.9 Å². The van der Waals surface area contributed by atoms with Crippen molar-refractivity contribution in [3.05, 3.63) is 42.0 Å². The van der Waals surface area contributed by atoms with E-state index in [0.29, 0.717) is 25.1 Å². The summed E-state index contributed by atoms with van der Waals surface area (Å²) in [5.74, 6) is 0.849. The SMILES string of the molecule is COCCC(=O)N1CCC[C@@H](C(=O)c2ccc3cc(OC)ccc3c2)C1. The van der Waals surface area contributed by atoms with E-state index >= 15 is 0 Å². The molecule has 0 N–H and O–H groups in total. The molecule has 0 radical (unpaired) electrons. The summed E-state index contributed by atoms with van der Waals surface area (Å²) < 4.78 is 10.2. The third kappa shape index (κ3) is 4.05. The summed E-state index contributed by atoms with van der Waals surface area (Å²) in [4.78, 5) is 27.0. The lowest BCUT2D eigenvalue weighted by molar-refractivity contribution is -0.133. The van der Waals surface area contributed by atoms with Crippen molar-refractivity contribution < 1.29 is 19.1 Å². The van der Waals surface area contributed by atoms with Gasteiger partial charge in [0, 0.05) is 31.7 Å². The van der Waals surface area contributed by atoms with Gasteiger partial charge in [0.1, 0.15) is 5.75 Å². The van der Waals surface area contributed by atoms with Crippen molar-refractivity contribution >= 4 is 22.5 Å². The van der Waals surface area contributed by atoms with E-state index in [2.05, 4.69) is 0 Å². The van der Waals surface area contributed by atoms with Crippen LogP contribution in [0.4, 0.5) is 0 Å². The highest BCUT2D eigenvalue weighted by Crippen LogP contribution is 2.26. The lowest BCUT2D eigenvalue weighted by Crippen LogP contribution is -2.42. The first-order valence-corrected chi connectivity index (χ1v) is 9.01. The second-order valence-corrected chi connectivity index (χ2v) is 6.71. The molecule has 1 amide bonds. The molecule has 0 bridgehead atoms. The maximum Gasteiger partial charge on any atom is 0.224 e. The highest BCUT2D eigenvalue weighted by Gasteiger charge is 2.28. The number of benzene rings is 2. The van der Waals surface area contributed by atoms with Crippen LogP contribution in [-0.4, -0.2) is 50.5 Å². The number of hydrogen-bond donors (Lipinski definition) is 0. The molecule has 1 atom stereocenters. The van der Waals surface area contributed by atoms with Gasteiger partial charge in [-0.1, -0.05) is 18.2 Å². The van der Waals surface area contributed by atoms with Crippen LogP contribution in [0.1, 0.15) is 29.6 Å². The van der Waals surface area contributed by atoms with E-state index in [4.69, 9.17) is 9.47 Å². The van der Waals surface area contributed by atoms with E-state index in [-0.39, 0.29) is 17.6 Å². The number of piperidine rings is 1. The predicted molar refractivity (Wildman–Crippen MR) is 101 cm³/mol. The van der Waals surface area contributed by atoms with Gasteiger partial charge in [0.2, 0.25) is 5.91 Å². The van der Waals surface area contributed by atoms with Gasteiger partial charge < -0.3 is 14.4 Å². The molecule has 0 saturated carbocycles. The van der Waals surface area contributed by atoms with Crippen LogP contribution >= 0.6 is 0 Å². The van der Waals surface area contributed by atoms with Crippen molar-refractivity contribution in [2.45, 2.75) is 19.3 Å². The van der Waals surface area contributed by atoms with E-state index in [1.165, 1.54) is 0 Å². The van der Waals surface area contributed by atoms with Gasteiger partial charge in [0.05, 0.1) is 20.1 Å². The Balaban J connectivity index is 1.73. The summed E-state index contributed by atoms with van der Waals surface area (Å²) in [7, 11) is 3.23. The summed E-state index contributed by atoms with van der Waals surface area (Å²) in [5, 5.41) is 2.06. The molecule has 26 heavy (non-hydrogen) atoms. The van der Waals surface area contributed by atoms with Gasteiger partial charge in [-0.15, -0.1) is 0 Å². The van der Waals surface area contributed by atoms with E-state index < -0.39 is 0 Å². The second-order valence-electron chi connectivity index (χ2n) is 6.71. The Labute approximate surface area is 153 Å². The molecule has 5 nitrogen and oxygen atoms in total. The number of carbonyl (C=O) groups is 2. The Morgan fingerprint density at radius 1 is 1.12 bits per heavy atom. The summed E-state index contributed by atoms with van der Waals surface area (Å²) in [6, 6.07) is 11.6. The normalized spacial score (nSPS) is 17.3. The van der Waals surface area contributed by atoms with Crippen LogP contribution in [0, 0.1) is 5.92 Å². The van der Waals surface area contributed by atoms with Crippen molar-refractivity contribution in [1.29, 1.82) is 0 Å². The molecule has 0 aliphatic carbocycles. The Morgan fingerprint density at radius 2 is 1.88 bits per heavy atom. The molecule has 5 heteroatoms. The Kier molecular flexibility index (Phi) is 5.89. The highest BCUT2D eigenvalue weighted by molar-refractivity contribution is 6.01. The van der Waals surface area contributed by atoms with E-state index in [9.17, 15) is 9.59 Å². The number of ketones is 1. The van der Waals surface area contributed by atoms with Crippen molar-refractivity contribution in [3.63, 3.8) is 0 Å². The van der Waals surface area contributed by atoms with Crippen LogP contribution in [0.15, 0.2) is 36.4 Å². The summed E-state index contributed by atoms with van der Waals surface area (Å²) >= 11 is 0. The Hall–Kier alpha value is -2.40. The topological polar surface area (TPSA) is 55.8 Å². The van der Waals surface area contributed by atoms with Crippen LogP contribution in [0.5, 0.6) is 5.75 Å². The van der Waals surface area contributed by atoms with Gasteiger partial charge in [-0.2, -0.15) is 0 Å². The third-order valence-corrected chi connectivity index (χ3v) is 5.00. The number of methoxy groups -OCH3 is 2. The third-order valence-electron chi connectivity index (χ3n) is 5.00. The first kappa shape index (κ1) is 18.4. The minimum Gasteiger partial charge on any atom is -0.497 e. The second kappa shape index (κ2) is 8.32. The predicted octanol–water partition coefficient (Wildman–Crippen LogP) is 3.31. The zero-order valence-corrected chi connectivity index (χ0v) is 15.4. The molecule has 1 saturated heterocycles. The Bertz CT molecular complexity index is 802. The number of fused-ring (bicyclic) bond motifs is 1. The average molecular weight is 355 g/mol. The standard InChI is InChI=1S/C21H25NO4/c1-25-11-9-20(23)22-10-3-4-18(14-22)21(24)17-6-5-16-13-19(26-2)8-7-15(16)12-17/h5-8,12-13,18H,3-4,9-11,14H2,1-2H3/t18-/m1/s1. The average Bonchev–Trinajstić information content (AvgIpc) is 2.70. The maximum atomic E-state index is 13.0. The fourth-order valence-electron chi connectivity index (χ4n) is 3.50. The molecular formula is C21H25NO4. The monoisotopic (exact) mass is 355 g/mol. The first-order valence-electron chi connectivity index (χ1n) is 9.01. The van der Waals surface area contributed by atoms with Crippen molar-refractivity contribution in [1.82, 2.24) is 4.90 Å². The lowest BCUT2D eigenvalue weighted by Gasteiger charge is -2.32. The molecular weight excluding hydrogens is 330 g/mol. The number of hydrogen-bond acceptors (Lipinski definition) is 4. The van der Waals surface area contributed by atoms with Gasteiger partial charge >= 0.3 is 0 Å². The number of Topliss-reactive ketones (excluding diaryl/α,β-unsaturated/α-hetero) is 1. The zero-order valence-electron chi connectivity index (χ0n) is 15.4. The smallest absolute Gasteiger partial charge is 0.224 e.